The molecule has 2 atom stereocenters. The van der Waals surface area contributed by atoms with Gasteiger partial charge in [0.15, 0.2) is 0 Å². The van der Waals surface area contributed by atoms with Gasteiger partial charge in [-0.15, -0.1) is 0 Å². The summed E-state index contributed by atoms with van der Waals surface area (Å²) in [6.07, 6.45) is 2.29. The highest BCUT2D eigenvalue weighted by Gasteiger charge is 2.31. The smallest absolute Gasteiger partial charge is 0.293 e. The maximum absolute atomic E-state index is 9.92. The molecule has 0 aromatic heterocycles. The topological polar surface area (TPSA) is 47.6 Å². The maximum atomic E-state index is 9.92. The Morgan fingerprint density at radius 2 is 2.20 bits per heavy atom. The maximum Gasteiger partial charge on any atom is 0.293 e. The van der Waals surface area contributed by atoms with E-state index in [0.29, 0.717) is 25.7 Å². The monoisotopic (exact) mass is 215 g/mol. The van der Waals surface area contributed by atoms with Gasteiger partial charge in [-0.25, -0.2) is 0 Å². The van der Waals surface area contributed by atoms with Gasteiger partial charge in [-0.05, 0) is 33.6 Å². The number of nitrogens with one attached hydrogen (secondary N) is 1. The Morgan fingerprint density at radius 3 is 2.80 bits per heavy atom. The van der Waals surface area contributed by atoms with Crippen molar-refractivity contribution in [3.05, 3.63) is 0 Å². The third-order valence-electron chi connectivity index (χ3n) is 2.61. The van der Waals surface area contributed by atoms with Crippen LogP contribution in [0.3, 0.4) is 0 Å². The second-order valence-electron chi connectivity index (χ2n) is 4.83. The van der Waals surface area contributed by atoms with E-state index in [1.807, 2.05) is 0 Å². The fourth-order valence-corrected chi connectivity index (χ4v) is 2.27. The molecular weight excluding hydrogens is 194 g/mol. The van der Waals surface area contributed by atoms with Crippen LogP contribution in [0.4, 0.5) is 0 Å². The van der Waals surface area contributed by atoms with Crippen molar-refractivity contribution in [1.82, 2.24) is 5.32 Å². The number of hydrogen-bond acceptors (Lipinski definition) is 4. The molecule has 1 aliphatic rings. The fourth-order valence-electron chi connectivity index (χ4n) is 2.27. The third kappa shape index (κ3) is 4.62. The molecule has 0 radical (unpaired) electrons. The lowest BCUT2D eigenvalue weighted by Gasteiger charge is -2.40. The highest BCUT2D eigenvalue weighted by molar-refractivity contribution is 5.36. The molecule has 88 valence electrons. The van der Waals surface area contributed by atoms with E-state index in [0.717, 1.165) is 12.8 Å². The summed E-state index contributed by atoms with van der Waals surface area (Å²) in [6, 6.07) is 0.478. The van der Waals surface area contributed by atoms with Gasteiger partial charge in [-0.3, -0.25) is 4.79 Å². The summed E-state index contributed by atoms with van der Waals surface area (Å²) in [5, 5.41) is 3.52. The third-order valence-corrected chi connectivity index (χ3v) is 2.61. The molecule has 15 heavy (non-hydrogen) atoms. The number of carbonyl (C=O) groups excluding carboxylic acids is 1. The van der Waals surface area contributed by atoms with Gasteiger partial charge in [0.2, 0.25) is 0 Å². The van der Waals surface area contributed by atoms with Gasteiger partial charge in [0, 0.05) is 11.6 Å². The Bertz CT molecular complexity index is 206. The number of hydrogen-bond donors (Lipinski definition) is 1. The molecule has 4 nitrogen and oxygen atoms in total. The first kappa shape index (κ1) is 12.5. The standard InChI is InChI=1S/C11H21NO3/c1-9-6-10(7-11(2,3)12-9)15-5-4-14-8-13/h8-10,12H,4-7H2,1-3H3. The molecule has 4 heteroatoms. The van der Waals surface area contributed by atoms with E-state index in [9.17, 15) is 4.79 Å². The largest absolute Gasteiger partial charge is 0.465 e. The predicted molar refractivity (Wildman–Crippen MR) is 57.7 cm³/mol. The van der Waals surface area contributed by atoms with Crippen LogP contribution >= 0.6 is 0 Å². The summed E-state index contributed by atoms with van der Waals surface area (Å²) in [5.41, 5.74) is 0.133. The van der Waals surface area contributed by atoms with Crippen molar-refractivity contribution in [3.8, 4) is 0 Å². The molecule has 1 rings (SSSR count). The van der Waals surface area contributed by atoms with Crippen molar-refractivity contribution in [1.29, 1.82) is 0 Å². The number of piperidine rings is 1. The summed E-state index contributed by atoms with van der Waals surface area (Å²) in [4.78, 5) is 9.92. The number of carbonyl (C=O) groups is 1. The van der Waals surface area contributed by atoms with Gasteiger partial charge in [-0.2, -0.15) is 0 Å². The molecular formula is C11H21NO3. The molecule has 0 aromatic carbocycles. The molecule has 2 unspecified atom stereocenters. The molecule has 0 bridgehead atoms. The molecule has 0 amide bonds. The molecule has 1 saturated heterocycles. The predicted octanol–water partition coefficient (Wildman–Crippen LogP) is 1.10. The lowest BCUT2D eigenvalue weighted by Crippen LogP contribution is -2.53. The Kier molecular flexibility index (Phi) is 4.54. The summed E-state index contributed by atoms with van der Waals surface area (Å²) < 4.78 is 10.2. The molecule has 1 heterocycles. The van der Waals surface area contributed by atoms with Crippen LogP contribution in [0.25, 0.3) is 0 Å². The van der Waals surface area contributed by atoms with Crippen molar-refractivity contribution in [2.75, 3.05) is 13.2 Å². The van der Waals surface area contributed by atoms with Gasteiger partial charge in [-0.1, -0.05) is 0 Å². The van der Waals surface area contributed by atoms with Crippen LogP contribution in [0.1, 0.15) is 33.6 Å². The van der Waals surface area contributed by atoms with Crippen LogP contribution < -0.4 is 5.32 Å². The molecule has 0 aliphatic carbocycles. The lowest BCUT2D eigenvalue weighted by molar-refractivity contribution is -0.131. The first-order valence-electron chi connectivity index (χ1n) is 5.48. The second kappa shape index (κ2) is 5.47. The summed E-state index contributed by atoms with van der Waals surface area (Å²) in [6.45, 7) is 7.83. The molecule has 0 saturated carbocycles. The Morgan fingerprint density at radius 1 is 1.47 bits per heavy atom. The highest BCUT2D eigenvalue weighted by Crippen LogP contribution is 2.24. The van der Waals surface area contributed by atoms with E-state index in [4.69, 9.17) is 4.74 Å². The minimum absolute atomic E-state index is 0.133. The normalized spacial score (nSPS) is 29.8. The highest BCUT2D eigenvalue weighted by atomic mass is 16.5. The molecule has 0 aromatic rings. The van der Waals surface area contributed by atoms with Crippen LogP contribution in [0.2, 0.25) is 0 Å². The zero-order valence-electron chi connectivity index (χ0n) is 9.79. The molecule has 1 N–H and O–H groups in total. The Labute approximate surface area is 91.3 Å². The zero-order valence-corrected chi connectivity index (χ0v) is 9.79. The van der Waals surface area contributed by atoms with Crippen molar-refractivity contribution in [2.45, 2.75) is 51.3 Å². The minimum atomic E-state index is 0.133. The minimum Gasteiger partial charge on any atom is -0.465 e. The van der Waals surface area contributed by atoms with Crippen molar-refractivity contribution >= 4 is 6.47 Å². The van der Waals surface area contributed by atoms with Crippen LogP contribution in [0.15, 0.2) is 0 Å². The first-order valence-corrected chi connectivity index (χ1v) is 5.48. The van der Waals surface area contributed by atoms with Gasteiger partial charge in [0.25, 0.3) is 6.47 Å². The van der Waals surface area contributed by atoms with Gasteiger partial charge >= 0.3 is 0 Å². The molecule has 0 spiro atoms. The summed E-state index contributed by atoms with van der Waals surface area (Å²) in [5.74, 6) is 0. The lowest BCUT2D eigenvalue weighted by atomic mass is 9.87. The number of rotatable bonds is 5. The van der Waals surface area contributed by atoms with Crippen LogP contribution in [0, 0.1) is 0 Å². The Balaban J connectivity index is 2.26. The van der Waals surface area contributed by atoms with E-state index in [-0.39, 0.29) is 11.6 Å². The Hall–Kier alpha value is -0.610. The average molecular weight is 215 g/mol. The van der Waals surface area contributed by atoms with Crippen molar-refractivity contribution < 1.29 is 14.3 Å². The van der Waals surface area contributed by atoms with E-state index in [1.54, 1.807) is 0 Å². The second-order valence-corrected chi connectivity index (χ2v) is 4.83. The fraction of sp³-hybridized carbons (Fsp3) is 0.909. The van der Waals surface area contributed by atoms with E-state index in [1.165, 1.54) is 0 Å². The average Bonchev–Trinajstić information content (AvgIpc) is 2.09. The SMILES string of the molecule is CC1CC(OCCOC=O)CC(C)(C)N1. The zero-order chi connectivity index (χ0) is 11.3. The number of ether oxygens (including phenoxy) is 2. The molecule has 1 fully saturated rings. The van der Waals surface area contributed by atoms with E-state index in [2.05, 4.69) is 30.8 Å². The first-order chi connectivity index (χ1) is 7.03. The quantitative estimate of drug-likeness (QED) is 0.551. The van der Waals surface area contributed by atoms with Crippen molar-refractivity contribution in [3.63, 3.8) is 0 Å². The van der Waals surface area contributed by atoms with Crippen LogP contribution in [-0.4, -0.2) is 37.4 Å². The van der Waals surface area contributed by atoms with Gasteiger partial charge in [0.05, 0.1) is 12.7 Å². The molecule has 1 aliphatic heterocycles. The summed E-state index contributed by atoms with van der Waals surface area (Å²) in [7, 11) is 0. The van der Waals surface area contributed by atoms with Crippen molar-refractivity contribution in [2.24, 2.45) is 0 Å². The summed E-state index contributed by atoms with van der Waals surface area (Å²) >= 11 is 0. The van der Waals surface area contributed by atoms with E-state index >= 15 is 0 Å². The van der Waals surface area contributed by atoms with Gasteiger partial charge in [0.1, 0.15) is 6.61 Å². The van der Waals surface area contributed by atoms with Crippen LogP contribution in [0.5, 0.6) is 0 Å². The van der Waals surface area contributed by atoms with Gasteiger partial charge < -0.3 is 14.8 Å². The van der Waals surface area contributed by atoms with E-state index < -0.39 is 0 Å². The van der Waals surface area contributed by atoms with Crippen LogP contribution in [-0.2, 0) is 14.3 Å².